The summed E-state index contributed by atoms with van der Waals surface area (Å²) in [5.41, 5.74) is 13.0. The van der Waals surface area contributed by atoms with E-state index in [9.17, 15) is 4.79 Å². The predicted molar refractivity (Wildman–Crippen MR) is 54.8 cm³/mol. The highest BCUT2D eigenvalue weighted by Gasteiger charge is 2.19. The molecule has 0 fully saturated rings. The molecule has 1 unspecified atom stereocenters. The molecule has 0 saturated heterocycles. The zero-order chi connectivity index (χ0) is 10.8. The van der Waals surface area contributed by atoms with Crippen molar-refractivity contribution in [2.24, 2.45) is 11.5 Å². The molecule has 80 valence electrons. The van der Waals surface area contributed by atoms with Gasteiger partial charge in [0, 0.05) is 23.5 Å². The number of nitrogens with zero attached hydrogens (tertiary/aromatic N) is 2. The van der Waals surface area contributed by atoms with E-state index in [0.29, 0.717) is 5.82 Å². The van der Waals surface area contributed by atoms with Crippen LogP contribution in [0.5, 0.6) is 0 Å². The number of rotatable bonds is 2. The average Bonchev–Trinajstić information content (AvgIpc) is 2.17. The Labute approximate surface area is 87.9 Å². The summed E-state index contributed by atoms with van der Waals surface area (Å²) in [6.45, 7) is 0. The van der Waals surface area contributed by atoms with Gasteiger partial charge in [-0.15, -0.1) is 0 Å². The second kappa shape index (κ2) is 3.94. The molecule has 1 aliphatic carbocycles. The van der Waals surface area contributed by atoms with Crippen molar-refractivity contribution in [1.29, 1.82) is 0 Å². The normalized spacial score (nSPS) is 19.7. The van der Waals surface area contributed by atoms with Crippen molar-refractivity contribution in [3.63, 3.8) is 0 Å². The lowest BCUT2D eigenvalue weighted by molar-refractivity contribution is -0.117. The molecule has 0 saturated carbocycles. The highest BCUT2D eigenvalue weighted by molar-refractivity contribution is 5.75. The molecule has 1 aromatic heterocycles. The zero-order valence-electron chi connectivity index (χ0n) is 8.44. The lowest BCUT2D eigenvalue weighted by atomic mass is 9.93. The van der Waals surface area contributed by atoms with E-state index in [1.807, 2.05) is 0 Å². The fourth-order valence-electron chi connectivity index (χ4n) is 1.86. The third-order valence-electron chi connectivity index (χ3n) is 2.61. The van der Waals surface area contributed by atoms with Crippen LogP contribution in [0.15, 0.2) is 6.20 Å². The Bertz CT molecular complexity index is 391. The van der Waals surface area contributed by atoms with Crippen molar-refractivity contribution in [1.82, 2.24) is 9.97 Å². The molecule has 0 bridgehead atoms. The molecule has 1 aliphatic rings. The van der Waals surface area contributed by atoms with Gasteiger partial charge in [-0.25, -0.2) is 9.97 Å². The molecule has 1 amide bonds. The van der Waals surface area contributed by atoms with Gasteiger partial charge in [-0.2, -0.15) is 0 Å². The van der Waals surface area contributed by atoms with E-state index in [4.69, 9.17) is 11.5 Å². The maximum Gasteiger partial charge on any atom is 0.225 e. The molecule has 0 radical (unpaired) electrons. The fraction of sp³-hybridized carbons (Fsp3) is 0.500. The number of nitrogens with two attached hydrogens (primary N) is 2. The highest BCUT2D eigenvalue weighted by Crippen LogP contribution is 2.25. The molecule has 1 atom stereocenters. The quantitative estimate of drug-likeness (QED) is 0.703. The Hall–Kier alpha value is -1.49. The topological polar surface area (TPSA) is 94.9 Å². The predicted octanol–water partition coefficient (Wildman–Crippen LogP) is -0.160. The van der Waals surface area contributed by atoms with E-state index in [2.05, 4.69) is 9.97 Å². The summed E-state index contributed by atoms with van der Waals surface area (Å²) in [4.78, 5) is 19.1. The first kappa shape index (κ1) is 10.0. The van der Waals surface area contributed by atoms with E-state index in [1.54, 1.807) is 6.20 Å². The number of aromatic nitrogens is 2. The summed E-state index contributed by atoms with van der Waals surface area (Å²) in [5.74, 6) is 0.0883. The molecule has 1 heterocycles. The summed E-state index contributed by atoms with van der Waals surface area (Å²) in [6, 6.07) is 0.0383. The van der Waals surface area contributed by atoms with E-state index in [1.165, 1.54) is 0 Å². The number of carbonyl (C=O) groups excluding carboxylic acids is 1. The van der Waals surface area contributed by atoms with Gasteiger partial charge in [0.05, 0.1) is 6.42 Å². The van der Waals surface area contributed by atoms with Gasteiger partial charge in [-0.1, -0.05) is 0 Å². The van der Waals surface area contributed by atoms with Crippen LogP contribution in [0.2, 0.25) is 0 Å². The molecule has 0 aliphatic heterocycles. The Balaban J connectivity index is 2.29. The van der Waals surface area contributed by atoms with Crippen LogP contribution in [0.3, 0.4) is 0 Å². The minimum atomic E-state index is -0.407. The van der Waals surface area contributed by atoms with Gasteiger partial charge in [0.2, 0.25) is 5.91 Å². The molecule has 5 heteroatoms. The Kier molecular flexibility index (Phi) is 2.64. The van der Waals surface area contributed by atoms with Crippen LogP contribution in [0, 0.1) is 0 Å². The number of hydrogen-bond donors (Lipinski definition) is 2. The van der Waals surface area contributed by atoms with Gasteiger partial charge in [-0.05, 0) is 19.3 Å². The van der Waals surface area contributed by atoms with Gasteiger partial charge in [-0.3, -0.25) is 4.79 Å². The Morgan fingerprint density at radius 3 is 3.13 bits per heavy atom. The molecule has 5 nitrogen and oxygen atoms in total. The molecular formula is C10H14N4O. The smallest absolute Gasteiger partial charge is 0.225 e. The number of amides is 1. The van der Waals surface area contributed by atoms with Gasteiger partial charge in [0.25, 0.3) is 0 Å². The standard InChI is InChI=1S/C10H14N4O/c11-7-2-1-3-8-6(7)5-13-10(14-8)4-9(12)15/h5,7H,1-4,11H2,(H2,12,15). The van der Waals surface area contributed by atoms with Gasteiger partial charge in [0.15, 0.2) is 0 Å². The molecular weight excluding hydrogens is 192 g/mol. The summed E-state index contributed by atoms with van der Waals surface area (Å²) in [7, 11) is 0. The van der Waals surface area contributed by atoms with Crippen LogP contribution >= 0.6 is 0 Å². The van der Waals surface area contributed by atoms with Crippen molar-refractivity contribution in [2.75, 3.05) is 0 Å². The first-order valence-corrected chi connectivity index (χ1v) is 5.05. The number of hydrogen-bond acceptors (Lipinski definition) is 4. The van der Waals surface area contributed by atoms with E-state index >= 15 is 0 Å². The van der Waals surface area contributed by atoms with Crippen LogP contribution in [0.1, 0.15) is 36.0 Å². The average molecular weight is 206 g/mol. The second-order valence-corrected chi connectivity index (χ2v) is 3.83. The Morgan fingerprint density at radius 1 is 1.60 bits per heavy atom. The maximum atomic E-state index is 10.7. The van der Waals surface area contributed by atoms with Crippen molar-refractivity contribution < 1.29 is 4.79 Å². The summed E-state index contributed by atoms with van der Waals surface area (Å²) in [6.07, 6.45) is 4.76. The lowest BCUT2D eigenvalue weighted by Crippen LogP contribution is -2.21. The minimum absolute atomic E-state index is 0.0383. The van der Waals surface area contributed by atoms with Crippen LogP contribution in [0.4, 0.5) is 0 Å². The Morgan fingerprint density at radius 2 is 2.40 bits per heavy atom. The molecule has 1 aromatic rings. The monoisotopic (exact) mass is 206 g/mol. The molecule has 2 rings (SSSR count). The summed E-state index contributed by atoms with van der Waals surface area (Å²) >= 11 is 0. The first-order chi connectivity index (χ1) is 7.16. The molecule has 0 spiro atoms. The zero-order valence-corrected chi connectivity index (χ0v) is 8.44. The van der Waals surface area contributed by atoms with E-state index < -0.39 is 5.91 Å². The minimum Gasteiger partial charge on any atom is -0.369 e. The maximum absolute atomic E-state index is 10.7. The molecule has 15 heavy (non-hydrogen) atoms. The van der Waals surface area contributed by atoms with Crippen LogP contribution in [-0.4, -0.2) is 15.9 Å². The van der Waals surface area contributed by atoms with Crippen molar-refractivity contribution in [3.05, 3.63) is 23.3 Å². The first-order valence-electron chi connectivity index (χ1n) is 5.05. The van der Waals surface area contributed by atoms with E-state index in [0.717, 1.165) is 30.5 Å². The number of aryl methyl sites for hydroxylation is 1. The SMILES string of the molecule is NC(=O)Cc1ncc2c(n1)CCCC2N. The molecule has 4 N–H and O–H groups in total. The lowest BCUT2D eigenvalue weighted by Gasteiger charge is -2.20. The van der Waals surface area contributed by atoms with Crippen LogP contribution < -0.4 is 11.5 Å². The third kappa shape index (κ3) is 2.12. The van der Waals surface area contributed by atoms with Crippen molar-refractivity contribution >= 4 is 5.91 Å². The molecule has 0 aromatic carbocycles. The van der Waals surface area contributed by atoms with Crippen LogP contribution in [0.25, 0.3) is 0 Å². The van der Waals surface area contributed by atoms with E-state index in [-0.39, 0.29) is 12.5 Å². The van der Waals surface area contributed by atoms with Crippen molar-refractivity contribution in [2.45, 2.75) is 31.7 Å². The van der Waals surface area contributed by atoms with Gasteiger partial charge in [0.1, 0.15) is 5.82 Å². The largest absolute Gasteiger partial charge is 0.369 e. The number of fused-ring (bicyclic) bond motifs is 1. The third-order valence-corrected chi connectivity index (χ3v) is 2.61. The number of carbonyl (C=O) groups is 1. The fourth-order valence-corrected chi connectivity index (χ4v) is 1.86. The van der Waals surface area contributed by atoms with Crippen LogP contribution in [-0.2, 0) is 17.6 Å². The van der Waals surface area contributed by atoms with Crippen molar-refractivity contribution in [3.8, 4) is 0 Å². The highest BCUT2D eigenvalue weighted by atomic mass is 16.1. The second-order valence-electron chi connectivity index (χ2n) is 3.83. The summed E-state index contributed by atoms with van der Waals surface area (Å²) in [5, 5.41) is 0. The van der Waals surface area contributed by atoms with Gasteiger partial charge >= 0.3 is 0 Å². The number of primary amides is 1. The summed E-state index contributed by atoms with van der Waals surface area (Å²) < 4.78 is 0. The van der Waals surface area contributed by atoms with Gasteiger partial charge < -0.3 is 11.5 Å².